The number of amides is 1. The number of ether oxygens (including phenoxy) is 2. The predicted octanol–water partition coefficient (Wildman–Crippen LogP) is 2.15. The van der Waals surface area contributed by atoms with E-state index in [1.165, 1.54) is 0 Å². The minimum atomic E-state index is -0.370. The monoisotopic (exact) mass is 305 g/mol. The van der Waals surface area contributed by atoms with Crippen molar-refractivity contribution in [2.24, 2.45) is 0 Å². The molecule has 1 aliphatic rings. The SMILES string of the molecule is CCOC(=O)CCN(Cc1ccccc1)C(=O)C1CCCO1. The average Bonchev–Trinajstić information content (AvgIpc) is 3.06. The van der Waals surface area contributed by atoms with Gasteiger partial charge in [-0.05, 0) is 25.3 Å². The van der Waals surface area contributed by atoms with Crippen LogP contribution in [0.1, 0.15) is 31.7 Å². The van der Waals surface area contributed by atoms with E-state index in [0.29, 0.717) is 26.3 Å². The van der Waals surface area contributed by atoms with E-state index in [-0.39, 0.29) is 24.4 Å². The molecule has 0 radical (unpaired) electrons. The number of nitrogens with zero attached hydrogens (tertiary/aromatic N) is 1. The van der Waals surface area contributed by atoms with Crippen LogP contribution in [0, 0.1) is 0 Å². The molecule has 0 aromatic heterocycles. The number of hydrogen-bond acceptors (Lipinski definition) is 4. The zero-order chi connectivity index (χ0) is 15.8. The molecule has 0 saturated carbocycles. The van der Waals surface area contributed by atoms with Crippen molar-refractivity contribution >= 4 is 11.9 Å². The van der Waals surface area contributed by atoms with E-state index >= 15 is 0 Å². The minimum absolute atomic E-state index is 0.0364. The first-order valence-corrected chi connectivity index (χ1v) is 7.80. The van der Waals surface area contributed by atoms with Gasteiger partial charge in [-0.25, -0.2) is 0 Å². The van der Waals surface area contributed by atoms with E-state index in [1.807, 2.05) is 30.3 Å². The van der Waals surface area contributed by atoms with Gasteiger partial charge in [-0.1, -0.05) is 30.3 Å². The fourth-order valence-corrected chi connectivity index (χ4v) is 2.51. The Kier molecular flexibility index (Phi) is 6.40. The minimum Gasteiger partial charge on any atom is -0.466 e. The lowest BCUT2D eigenvalue weighted by Gasteiger charge is -2.25. The highest BCUT2D eigenvalue weighted by Crippen LogP contribution is 2.17. The number of carbonyl (C=O) groups is 2. The molecule has 1 aliphatic heterocycles. The highest BCUT2D eigenvalue weighted by Gasteiger charge is 2.28. The van der Waals surface area contributed by atoms with Crippen LogP contribution in [-0.4, -0.2) is 42.6 Å². The molecule has 1 aromatic carbocycles. The molecule has 0 N–H and O–H groups in total. The highest BCUT2D eigenvalue weighted by molar-refractivity contribution is 5.81. The number of hydrogen-bond donors (Lipinski definition) is 0. The van der Waals surface area contributed by atoms with Crippen LogP contribution in [0.2, 0.25) is 0 Å². The third-order valence-electron chi connectivity index (χ3n) is 3.62. The van der Waals surface area contributed by atoms with Crippen LogP contribution in [0.3, 0.4) is 0 Å². The summed E-state index contributed by atoms with van der Waals surface area (Å²) in [6.45, 7) is 3.60. The summed E-state index contributed by atoms with van der Waals surface area (Å²) in [7, 11) is 0. The number of rotatable bonds is 7. The molecular formula is C17H23NO4. The largest absolute Gasteiger partial charge is 0.466 e. The van der Waals surface area contributed by atoms with Gasteiger partial charge >= 0.3 is 5.97 Å². The van der Waals surface area contributed by atoms with E-state index in [0.717, 1.165) is 18.4 Å². The Morgan fingerprint density at radius 3 is 2.73 bits per heavy atom. The molecule has 2 rings (SSSR count). The van der Waals surface area contributed by atoms with E-state index in [2.05, 4.69) is 0 Å². The lowest BCUT2D eigenvalue weighted by molar-refractivity contribution is -0.146. The maximum absolute atomic E-state index is 12.6. The Balaban J connectivity index is 1.99. The van der Waals surface area contributed by atoms with Gasteiger partial charge in [0.25, 0.3) is 5.91 Å². The van der Waals surface area contributed by atoms with Crippen molar-refractivity contribution < 1.29 is 19.1 Å². The Morgan fingerprint density at radius 2 is 2.09 bits per heavy atom. The Hall–Kier alpha value is -1.88. The molecule has 1 aromatic rings. The molecule has 1 saturated heterocycles. The second-order valence-electron chi connectivity index (χ2n) is 5.30. The van der Waals surface area contributed by atoms with Crippen molar-refractivity contribution in [1.29, 1.82) is 0 Å². The van der Waals surface area contributed by atoms with Crippen LogP contribution in [0.5, 0.6) is 0 Å². The summed E-state index contributed by atoms with van der Waals surface area (Å²) in [5.41, 5.74) is 1.04. The van der Waals surface area contributed by atoms with E-state index in [1.54, 1.807) is 11.8 Å². The lowest BCUT2D eigenvalue weighted by Crippen LogP contribution is -2.39. The van der Waals surface area contributed by atoms with E-state index < -0.39 is 0 Å². The van der Waals surface area contributed by atoms with Crippen molar-refractivity contribution in [2.45, 2.75) is 38.8 Å². The molecule has 0 aliphatic carbocycles. The van der Waals surface area contributed by atoms with Gasteiger partial charge in [-0.3, -0.25) is 9.59 Å². The van der Waals surface area contributed by atoms with Crippen molar-refractivity contribution in [2.75, 3.05) is 19.8 Å². The zero-order valence-corrected chi connectivity index (χ0v) is 13.0. The highest BCUT2D eigenvalue weighted by atomic mass is 16.5. The smallest absolute Gasteiger partial charge is 0.307 e. The summed E-state index contributed by atoms with van der Waals surface area (Å²) in [5.74, 6) is -0.314. The van der Waals surface area contributed by atoms with Gasteiger partial charge in [-0.2, -0.15) is 0 Å². The van der Waals surface area contributed by atoms with Gasteiger partial charge in [0.2, 0.25) is 0 Å². The van der Waals surface area contributed by atoms with Gasteiger partial charge in [0, 0.05) is 19.7 Å². The molecule has 1 heterocycles. The second kappa shape index (κ2) is 8.54. The van der Waals surface area contributed by atoms with Crippen molar-refractivity contribution in [3.63, 3.8) is 0 Å². The average molecular weight is 305 g/mol. The first-order valence-electron chi connectivity index (χ1n) is 7.80. The van der Waals surface area contributed by atoms with Crippen LogP contribution in [0.4, 0.5) is 0 Å². The van der Waals surface area contributed by atoms with Crippen LogP contribution in [0.15, 0.2) is 30.3 Å². The molecule has 0 spiro atoms. The number of benzene rings is 1. The second-order valence-corrected chi connectivity index (χ2v) is 5.30. The molecule has 1 atom stereocenters. The molecule has 22 heavy (non-hydrogen) atoms. The van der Waals surface area contributed by atoms with E-state index in [9.17, 15) is 9.59 Å². The standard InChI is InChI=1S/C17H23NO4/c1-2-21-16(19)10-11-18(13-14-7-4-3-5-8-14)17(20)15-9-6-12-22-15/h3-5,7-8,15H,2,6,9-13H2,1H3. The summed E-state index contributed by atoms with van der Waals surface area (Å²) < 4.78 is 10.4. The van der Waals surface area contributed by atoms with Crippen LogP contribution < -0.4 is 0 Å². The molecule has 1 fully saturated rings. The van der Waals surface area contributed by atoms with Crippen molar-refractivity contribution in [1.82, 2.24) is 4.90 Å². The molecule has 5 heteroatoms. The first-order chi connectivity index (χ1) is 10.7. The lowest BCUT2D eigenvalue weighted by atomic mass is 10.1. The fourth-order valence-electron chi connectivity index (χ4n) is 2.51. The normalized spacial score (nSPS) is 17.2. The Bertz CT molecular complexity index is 483. The fraction of sp³-hybridized carbons (Fsp3) is 0.529. The van der Waals surface area contributed by atoms with Gasteiger partial charge in [0.1, 0.15) is 6.10 Å². The number of esters is 1. The summed E-state index contributed by atoms with van der Waals surface area (Å²) in [5, 5.41) is 0. The van der Waals surface area contributed by atoms with Gasteiger partial charge in [-0.15, -0.1) is 0 Å². The predicted molar refractivity (Wildman–Crippen MR) is 82.1 cm³/mol. The van der Waals surface area contributed by atoms with Crippen LogP contribution in [-0.2, 0) is 25.6 Å². The molecule has 5 nitrogen and oxygen atoms in total. The third kappa shape index (κ3) is 4.84. The maximum atomic E-state index is 12.6. The Labute approximate surface area is 131 Å². The van der Waals surface area contributed by atoms with E-state index in [4.69, 9.17) is 9.47 Å². The molecule has 1 unspecified atom stereocenters. The molecule has 0 bridgehead atoms. The molecule has 1 amide bonds. The summed E-state index contributed by atoms with van der Waals surface area (Å²) in [6, 6.07) is 9.76. The summed E-state index contributed by atoms with van der Waals surface area (Å²) in [6.07, 6.45) is 1.50. The summed E-state index contributed by atoms with van der Waals surface area (Å²) in [4.78, 5) is 25.8. The quantitative estimate of drug-likeness (QED) is 0.724. The van der Waals surface area contributed by atoms with Gasteiger partial charge in [0.05, 0.1) is 13.0 Å². The maximum Gasteiger partial charge on any atom is 0.307 e. The first kappa shape index (κ1) is 16.5. The van der Waals surface area contributed by atoms with Gasteiger partial charge < -0.3 is 14.4 Å². The van der Waals surface area contributed by atoms with Crippen molar-refractivity contribution in [3.8, 4) is 0 Å². The summed E-state index contributed by atoms with van der Waals surface area (Å²) >= 11 is 0. The molecular weight excluding hydrogens is 282 g/mol. The number of carbonyl (C=O) groups excluding carboxylic acids is 2. The Morgan fingerprint density at radius 1 is 1.32 bits per heavy atom. The van der Waals surface area contributed by atoms with Crippen LogP contribution in [0.25, 0.3) is 0 Å². The van der Waals surface area contributed by atoms with Gasteiger partial charge in [0.15, 0.2) is 0 Å². The topological polar surface area (TPSA) is 55.8 Å². The van der Waals surface area contributed by atoms with Crippen LogP contribution >= 0.6 is 0 Å². The third-order valence-corrected chi connectivity index (χ3v) is 3.62. The molecule has 120 valence electrons. The van der Waals surface area contributed by atoms with Crippen molar-refractivity contribution in [3.05, 3.63) is 35.9 Å². The zero-order valence-electron chi connectivity index (χ0n) is 13.0.